The number of benzene rings is 2. The van der Waals surface area contributed by atoms with Crippen LogP contribution in [0, 0.1) is 11.2 Å². The summed E-state index contributed by atoms with van der Waals surface area (Å²) in [5.41, 5.74) is 4.57. The van der Waals surface area contributed by atoms with Crippen molar-refractivity contribution in [3.05, 3.63) is 117 Å². The summed E-state index contributed by atoms with van der Waals surface area (Å²) < 4.78 is 44.1. The van der Waals surface area contributed by atoms with E-state index in [0.717, 1.165) is 74.8 Å². The first-order valence-electron chi connectivity index (χ1n) is 16.2. The lowest BCUT2D eigenvalue weighted by molar-refractivity contribution is 0.0976. The number of carbonyl (C=O) groups excluding carboxylic acids is 1. The minimum atomic E-state index is -4.25. The molecule has 0 saturated carbocycles. The van der Waals surface area contributed by atoms with Gasteiger partial charge in [0.25, 0.3) is 21.5 Å². The summed E-state index contributed by atoms with van der Waals surface area (Å²) in [6.45, 7) is 8.93. The number of piperazine rings is 1. The molecule has 1 aliphatic heterocycles. The summed E-state index contributed by atoms with van der Waals surface area (Å²) in [6, 6.07) is 19.4. The Morgan fingerprint density at radius 2 is 1.65 bits per heavy atom. The highest BCUT2D eigenvalue weighted by Crippen LogP contribution is 2.43. The first kappa shape index (κ1) is 34.5. The van der Waals surface area contributed by atoms with Gasteiger partial charge in [-0.1, -0.05) is 43.2 Å². The van der Waals surface area contributed by atoms with Crippen LogP contribution in [-0.4, -0.2) is 61.5 Å². The maximum atomic E-state index is 14.6. The largest absolute Gasteiger partial charge is 0.369 e. The van der Waals surface area contributed by atoms with E-state index in [1.807, 2.05) is 16.9 Å². The second kappa shape index (κ2) is 13.9. The first-order valence-corrected chi connectivity index (χ1v) is 18.1. The van der Waals surface area contributed by atoms with Crippen LogP contribution in [0.15, 0.2) is 94.3 Å². The first-order chi connectivity index (χ1) is 23.3. The molecule has 0 bridgehead atoms. The van der Waals surface area contributed by atoms with Crippen LogP contribution < -0.4 is 15.2 Å². The Morgan fingerprint density at radius 1 is 0.959 bits per heavy atom. The molecule has 12 heteroatoms. The van der Waals surface area contributed by atoms with Gasteiger partial charge in [0, 0.05) is 68.3 Å². The number of hydrogen-bond donors (Lipinski definition) is 1. The van der Waals surface area contributed by atoms with Gasteiger partial charge in [-0.25, -0.2) is 22.5 Å². The van der Waals surface area contributed by atoms with Crippen molar-refractivity contribution < 1.29 is 17.6 Å². The normalized spacial score (nSPS) is 16.9. The summed E-state index contributed by atoms with van der Waals surface area (Å²) in [6.07, 6.45) is 4.72. The Bertz CT molecular complexity index is 2070. The van der Waals surface area contributed by atoms with E-state index in [0.29, 0.717) is 0 Å². The van der Waals surface area contributed by atoms with Crippen LogP contribution in [-0.2, 0) is 17.1 Å². The number of anilines is 1. The number of hydrogen-bond acceptors (Lipinski definition) is 7. The molecule has 1 saturated heterocycles. The molecule has 4 aromatic rings. The number of aryl methyl sites for hydroxylation is 1. The predicted octanol–water partition coefficient (Wildman–Crippen LogP) is 6.14. The molecule has 0 spiro atoms. The zero-order valence-corrected chi connectivity index (χ0v) is 29.3. The molecule has 1 aliphatic carbocycles. The molecule has 2 aliphatic rings. The number of carbonyl (C=O) groups is 1. The van der Waals surface area contributed by atoms with Crippen molar-refractivity contribution in [3.8, 4) is 11.3 Å². The van der Waals surface area contributed by atoms with Gasteiger partial charge in [0.1, 0.15) is 17.2 Å². The Labute approximate surface area is 291 Å². The highest BCUT2D eigenvalue weighted by Gasteiger charge is 2.29. The van der Waals surface area contributed by atoms with Gasteiger partial charge in [-0.15, -0.1) is 0 Å². The molecule has 0 unspecified atom stereocenters. The van der Waals surface area contributed by atoms with Gasteiger partial charge in [-0.3, -0.25) is 14.5 Å². The SMILES string of the molecule is Cn1ccc(-c2nc(C(=O)NS(=O)(=O)c3ccc(N4CCN(CC5=C(c6ccc(Cl)cc6)CC(C)(C)CC5)CC4)cc3)ccc2F)cc1=O. The van der Waals surface area contributed by atoms with E-state index >= 15 is 0 Å². The summed E-state index contributed by atoms with van der Waals surface area (Å²) >= 11 is 6.17. The number of rotatable bonds is 8. The predicted molar refractivity (Wildman–Crippen MR) is 191 cm³/mol. The van der Waals surface area contributed by atoms with E-state index in [4.69, 9.17) is 11.6 Å². The van der Waals surface area contributed by atoms with E-state index in [2.05, 4.69) is 40.8 Å². The quantitative estimate of drug-likeness (QED) is 0.235. The smallest absolute Gasteiger partial charge is 0.283 e. The van der Waals surface area contributed by atoms with Crippen LogP contribution in [0.3, 0.4) is 0 Å². The van der Waals surface area contributed by atoms with Crippen molar-refractivity contribution in [2.45, 2.75) is 38.0 Å². The van der Waals surface area contributed by atoms with Crippen molar-refractivity contribution in [3.63, 3.8) is 0 Å². The Hall–Kier alpha value is -4.32. The molecule has 256 valence electrons. The van der Waals surface area contributed by atoms with E-state index in [1.165, 1.54) is 51.7 Å². The van der Waals surface area contributed by atoms with Gasteiger partial charge in [0.15, 0.2) is 0 Å². The number of pyridine rings is 2. The fourth-order valence-corrected chi connectivity index (χ4v) is 7.52. The topological polar surface area (TPSA) is 105 Å². The second-order valence-corrected chi connectivity index (χ2v) is 15.6. The standard InChI is InChI=1S/C37H39ClFN5O4S/c1-37(2)16-14-27(31(23-37)25-4-6-28(38)7-5-25)24-43-18-20-44(21-19-43)29-8-10-30(11-9-29)49(47,48)41-36(46)33-13-12-32(39)35(40-33)26-15-17-42(3)34(45)22-26/h4-13,15,17,22H,14,16,18-21,23-24H2,1-3H3,(H,41,46). The fraction of sp³-hybridized carbons (Fsp3) is 0.324. The molecule has 1 N–H and O–H groups in total. The molecule has 0 radical (unpaired) electrons. The van der Waals surface area contributed by atoms with Crippen molar-refractivity contribution in [1.82, 2.24) is 19.2 Å². The van der Waals surface area contributed by atoms with E-state index in [-0.39, 0.29) is 32.8 Å². The molecule has 3 heterocycles. The summed E-state index contributed by atoms with van der Waals surface area (Å²) in [5.74, 6) is -1.76. The van der Waals surface area contributed by atoms with Gasteiger partial charge in [0.05, 0.1) is 4.90 Å². The van der Waals surface area contributed by atoms with Gasteiger partial charge >= 0.3 is 0 Å². The Balaban J connectivity index is 1.09. The third-order valence-electron chi connectivity index (χ3n) is 9.36. The average Bonchev–Trinajstić information content (AvgIpc) is 3.07. The molecule has 9 nitrogen and oxygen atoms in total. The van der Waals surface area contributed by atoms with E-state index in [9.17, 15) is 22.4 Å². The third kappa shape index (κ3) is 7.95. The summed E-state index contributed by atoms with van der Waals surface area (Å²) in [5, 5.41) is 0.739. The highest BCUT2D eigenvalue weighted by molar-refractivity contribution is 7.90. The number of allylic oxidation sites excluding steroid dienone is 1. The van der Waals surface area contributed by atoms with Crippen LogP contribution in [0.4, 0.5) is 10.1 Å². The molecule has 49 heavy (non-hydrogen) atoms. The third-order valence-corrected chi connectivity index (χ3v) is 11.0. The summed E-state index contributed by atoms with van der Waals surface area (Å²) in [4.78, 5) is 33.6. The maximum absolute atomic E-state index is 14.6. The maximum Gasteiger partial charge on any atom is 0.283 e. The summed E-state index contributed by atoms with van der Waals surface area (Å²) in [7, 11) is -2.70. The minimum absolute atomic E-state index is 0.0842. The van der Waals surface area contributed by atoms with Crippen LogP contribution in [0.2, 0.25) is 5.02 Å². The van der Waals surface area contributed by atoms with Gasteiger partial charge in [-0.05, 0) is 90.4 Å². The Morgan fingerprint density at radius 3 is 2.33 bits per heavy atom. The highest BCUT2D eigenvalue weighted by atomic mass is 35.5. The molecular formula is C37H39ClFN5O4S. The van der Waals surface area contributed by atoms with Crippen molar-refractivity contribution >= 4 is 38.8 Å². The van der Waals surface area contributed by atoms with Crippen molar-refractivity contribution in [2.24, 2.45) is 12.5 Å². The number of halogens is 2. The molecular weight excluding hydrogens is 665 g/mol. The molecule has 2 aromatic heterocycles. The van der Waals surface area contributed by atoms with Crippen molar-refractivity contribution in [2.75, 3.05) is 37.6 Å². The van der Waals surface area contributed by atoms with Crippen LogP contribution >= 0.6 is 11.6 Å². The zero-order chi connectivity index (χ0) is 34.9. The number of nitrogens with one attached hydrogen (secondary N) is 1. The fourth-order valence-electron chi connectivity index (χ4n) is 6.43. The average molecular weight is 704 g/mol. The molecule has 6 rings (SSSR count). The molecule has 0 atom stereocenters. The van der Waals surface area contributed by atoms with Gasteiger partial charge in [0.2, 0.25) is 0 Å². The lowest BCUT2D eigenvalue weighted by atomic mass is 9.72. The lowest BCUT2D eigenvalue weighted by Gasteiger charge is -2.39. The Kier molecular flexibility index (Phi) is 9.79. The molecule has 1 fully saturated rings. The minimum Gasteiger partial charge on any atom is -0.369 e. The molecule has 1 amide bonds. The van der Waals surface area contributed by atoms with Crippen molar-refractivity contribution in [1.29, 1.82) is 0 Å². The molecule has 2 aromatic carbocycles. The van der Waals surface area contributed by atoms with Gasteiger partial charge < -0.3 is 9.47 Å². The number of nitrogens with zero attached hydrogens (tertiary/aromatic N) is 4. The van der Waals surface area contributed by atoms with Crippen LogP contribution in [0.1, 0.15) is 49.2 Å². The number of aromatic nitrogens is 2. The zero-order valence-electron chi connectivity index (χ0n) is 27.7. The number of amides is 1. The van der Waals surface area contributed by atoms with Crippen LogP contribution in [0.5, 0.6) is 0 Å². The lowest BCUT2D eigenvalue weighted by Crippen LogP contribution is -2.47. The second-order valence-electron chi connectivity index (χ2n) is 13.5. The van der Waals surface area contributed by atoms with E-state index in [1.54, 1.807) is 19.2 Å². The number of sulfonamides is 1. The van der Waals surface area contributed by atoms with Gasteiger partial charge in [-0.2, -0.15) is 0 Å². The van der Waals surface area contributed by atoms with E-state index < -0.39 is 21.7 Å². The van der Waals surface area contributed by atoms with Crippen LogP contribution in [0.25, 0.3) is 16.8 Å². The monoisotopic (exact) mass is 703 g/mol.